The Labute approximate surface area is 252 Å². The molecule has 1 N–H and O–H groups in total. The largest absolute Gasteiger partial charge is 0.433 e. The molecular formula is C36H60O4Si. The normalized spacial score (nSPS) is 34.9. The van der Waals surface area contributed by atoms with E-state index in [1.807, 2.05) is 0 Å². The highest BCUT2D eigenvalue weighted by atomic mass is 28.4. The van der Waals surface area contributed by atoms with E-state index in [0.717, 1.165) is 17.6 Å². The van der Waals surface area contributed by atoms with Crippen LogP contribution in [-0.2, 0) is 14.0 Å². The van der Waals surface area contributed by atoms with E-state index in [0.29, 0.717) is 35.0 Å². The van der Waals surface area contributed by atoms with Crippen LogP contribution in [0.25, 0.3) is 0 Å². The van der Waals surface area contributed by atoms with E-state index in [1.165, 1.54) is 38.2 Å². The summed E-state index contributed by atoms with van der Waals surface area (Å²) in [6, 6.07) is 0. The second-order valence-corrected chi connectivity index (χ2v) is 20.4. The van der Waals surface area contributed by atoms with Crippen molar-refractivity contribution >= 4 is 14.3 Å². The van der Waals surface area contributed by atoms with Crippen LogP contribution in [-0.4, -0.2) is 31.3 Å². The fraction of sp³-hybridized carbons (Fsp3) is 0.750. The smallest absolute Gasteiger partial charge is 0.305 e. The molecule has 1 unspecified atom stereocenters. The summed E-state index contributed by atoms with van der Waals surface area (Å²) in [7, 11) is -2.15. The van der Waals surface area contributed by atoms with Gasteiger partial charge in [-0.05, 0) is 96.4 Å². The van der Waals surface area contributed by atoms with Gasteiger partial charge in [-0.3, -0.25) is 4.79 Å². The van der Waals surface area contributed by atoms with Crippen LogP contribution in [0.3, 0.4) is 0 Å². The molecule has 0 spiro atoms. The molecular weight excluding hydrogens is 524 g/mol. The molecule has 0 amide bonds. The number of hydrogen-bond acceptors (Lipinski definition) is 4. The maximum Gasteiger partial charge on any atom is 0.305 e. The van der Waals surface area contributed by atoms with Gasteiger partial charge in [-0.2, -0.15) is 0 Å². The summed E-state index contributed by atoms with van der Waals surface area (Å²) in [6.45, 7) is 28.7. The molecule has 41 heavy (non-hydrogen) atoms. The second kappa shape index (κ2) is 12.7. The SMILES string of the molecule is C=C1C(=CC=C2CCC[C@@]3(C)C2CC[C@@H]3[C@H](C)/C=C/[C@H](C)C(C)C)C[C@@](O)(OC(C)=O)C[C@@H]1O[Si](C)(C)C(C)(C)C. The minimum absolute atomic E-state index is 0.0147. The number of allylic oxidation sites excluding steroid dienone is 5. The van der Waals surface area contributed by atoms with Gasteiger partial charge in [0.1, 0.15) is 0 Å². The van der Waals surface area contributed by atoms with Crippen LogP contribution >= 0.6 is 0 Å². The number of rotatable bonds is 8. The maximum absolute atomic E-state index is 12.0. The molecule has 3 aliphatic carbocycles. The number of esters is 1. The van der Waals surface area contributed by atoms with Crippen molar-refractivity contribution in [1.29, 1.82) is 0 Å². The Balaban J connectivity index is 1.88. The number of hydrogen-bond donors (Lipinski definition) is 1. The third-order valence-electron chi connectivity index (χ3n) is 11.3. The lowest BCUT2D eigenvalue weighted by atomic mass is 9.61. The Bertz CT molecular complexity index is 1060. The van der Waals surface area contributed by atoms with E-state index in [2.05, 4.69) is 99.4 Å². The van der Waals surface area contributed by atoms with Crippen molar-refractivity contribution in [1.82, 2.24) is 0 Å². The molecule has 0 aromatic carbocycles. The maximum atomic E-state index is 12.0. The summed E-state index contributed by atoms with van der Waals surface area (Å²) in [6.07, 6.45) is 15.6. The van der Waals surface area contributed by atoms with Gasteiger partial charge >= 0.3 is 5.97 Å². The molecule has 0 bridgehead atoms. The second-order valence-electron chi connectivity index (χ2n) is 15.7. The third kappa shape index (κ3) is 7.75. The van der Waals surface area contributed by atoms with Crippen molar-refractivity contribution in [3.8, 4) is 0 Å². The number of ether oxygens (including phenoxy) is 1. The first-order valence-corrected chi connectivity index (χ1v) is 19.1. The summed E-state index contributed by atoms with van der Waals surface area (Å²) in [4.78, 5) is 12.0. The number of carbonyl (C=O) groups is 1. The molecule has 0 saturated heterocycles. The molecule has 232 valence electrons. The summed E-state index contributed by atoms with van der Waals surface area (Å²) in [5, 5.41) is 11.4. The first-order chi connectivity index (χ1) is 18.8. The zero-order valence-electron chi connectivity index (χ0n) is 28.1. The van der Waals surface area contributed by atoms with Crippen LogP contribution < -0.4 is 0 Å². The van der Waals surface area contributed by atoms with Crippen LogP contribution in [0.5, 0.6) is 0 Å². The summed E-state index contributed by atoms with van der Waals surface area (Å²) in [5.41, 5.74) is 3.67. The number of aliphatic hydroxyl groups is 1. The van der Waals surface area contributed by atoms with Crippen LogP contribution in [0.2, 0.25) is 18.1 Å². The lowest BCUT2D eigenvalue weighted by Gasteiger charge is -2.45. The monoisotopic (exact) mass is 584 g/mol. The molecule has 5 heteroatoms. The molecule has 0 aromatic rings. The van der Waals surface area contributed by atoms with Crippen molar-refractivity contribution in [2.45, 2.75) is 137 Å². The zero-order chi connectivity index (χ0) is 31.0. The van der Waals surface area contributed by atoms with Crippen LogP contribution in [0, 0.1) is 35.0 Å². The Kier molecular flexibility index (Phi) is 10.5. The van der Waals surface area contributed by atoms with Crippen LogP contribution in [0.1, 0.15) is 107 Å². The Morgan fingerprint density at radius 3 is 2.37 bits per heavy atom. The predicted molar refractivity (Wildman–Crippen MR) is 174 cm³/mol. The van der Waals surface area contributed by atoms with Gasteiger partial charge in [0, 0.05) is 19.8 Å². The van der Waals surface area contributed by atoms with Gasteiger partial charge in [-0.15, -0.1) is 0 Å². The number of carbonyl (C=O) groups excluding carboxylic acids is 1. The minimum atomic E-state index is -2.15. The van der Waals surface area contributed by atoms with Gasteiger partial charge in [0.2, 0.25) is 5.79 Å². The van der Waals surface area contributed by atoms with Gasteiger partial charge < -0.3 is 14.3 Å². The quantitative estimate of drug-likeness (QED) is 0.134. The molecule has 3 saturated carbocycles. The van der Waals surface area contributed by atoms with Gasteiger partial charge in [0.05, 0.1) is 6.10 Å². The zero-order valence-corrected chi connectivity index (χ0v) is 29.1. The van der Waals surface area contributed by atoms with E-state index in [-0.39, 0.29) is 24.0 Å². The highest BCUT2D eigenvalue weighted by Gasteiger charge is 2.50. The average molecular weight is 585 g/mol. The molecule has 0 aromatic heterocycles. The highest BCUT2D eigenvalue weighted by Crippen LogP contribution is 2.59. The van der Waals surface area contributed by atoms with Crippen molar-refractivity contribution in [3.63, 3.8) is 0 Å². The molecule has 3 aliphatic rings. The van der Waals surface area contributed by atoms with Gasteiger partial charge in [-0.25, -0.2) is 0 Å². The molecule has 4 nitrogen and oxygen atoms in total. The topological polar surface area (TPSA) is 55.8 Å². The molecule has 3 fully saturated rings. The fourth-order valence-electron chi connectivity index (χ4n) is 7.32. The third-order valence-corrected chi connectivity index (χ3v) is 15.8. The van der Waals surface area contributed by atoms with Crippen molar-refractivity contribution in [2.75, 3.05) is 0 Å². The van der Waals surface area contributed by atoms with E-state index >= 15 is 0 Å². The van der Waals surface area contributed by atoms with Gasteiger partial charge in [-0.1, -0.05) is 91.8 Å². The summed E-state index contributed by atoms with van der Waals surface area (Å²) < 4.78 is 12.3. The summed E-state index contributed by atoms with van der Waals surface area (Å²) in [5.74, 6) is 1.07. The fourth-order valence-corrected chi connectivity index (χ4v) is 8.61. The first kappa shape index (κ1) is 34.1. The highest BCUT2D eigenvalue weighted by molar-refractivity contribution is 6.74. The molecule has 0 radical (unpaired) electrons. The van der Waals surface area contributed by atoms with Crippen LogP contribution in [0.15, 0.2) is 47.6 Å². The average Bonchev–Trinajstić information content (AvgIpc) is 3.19. The van der Waals surface area contributed by atoms with Crippen molar-refractivity contribution < 1.29 is 19.1 Å². The Morgan fingerprint density at radius 1 is 1.12 bits per heavy atom. The van der Waals surface area contributed by atoms with Gasteiger partial charge in [0.15, 0.2) is 8.32 Å². The van der Waals surface area contributed by atoms with Crippen molar-refractivity contribution in [3.05, 3.63) is 47.6 Å². The van der Waals surface area contributed by atoms with Gasteiger partial charge in [0.25, 0.3) is 0 Å². The minimum Gasteiger partial charge on any atom is -0.433 e. The van der Waals surface area contributed by atoms with E-state index in [1.54, 1.807) is 0 Å². The van der Waals surface area contributed by atoms with Crippen molar-refractivity contribution in [2.24, 2.45) is 35.0 Å². The van der Waals surface area contributed by atoms with Crippen LogP contribution in [0.4, 0.5) is 0 Å². The molecule has 3 rings (SSSR count). The standard InChI is InChI=1S/C36H60O4Si/c1-24(2)25(3)15-16-26(4)31-19-20-32-29(14-13-21-35(31,32)10)17-18-30-22-36(38,39-28(6)37)23-33(27(30)5)40-41(11,12)34(7,8)9/h15-18,24-26,31-33,38H,5,13-14,19-23H2,1-4,6-12H3/b16-15+,29-17?,30-18?/t25-,26+,31+,32?,33-,35+,36+/m0/s1. The lowest BCUT2D eigenvalue weighted by Crippen LogP contribution is -2.50. The Morgan fingerprint density at radius 2 is 1.78 bits per heavy atom. The lowest BCUT2D eigenvalue weighted by molar-refractivity contribution is -0.217. The van der Waals surface area contributed by atoms with E-state index in [9.17, 15) is 9.90 Å². The van der Waals surface area contributed by atoms with E-state index in [4.69, 9.17) is 9.16 Å². The molecule has 0 aliphatic heterocycles. The Hall–Kier alpha value is -1.43. The summed E-state index contributed by atoms with van der Waals surface area (Å²) >= 11 is 0. The molecule has 7 atom stereocenters. The molecule has 0 heterocycles. The predicted octanol–water partition coefficient (Wildman–Crippen LogP) is 9.53. The van der Waals surface area contributed by atoms with E-state index < -0.39 is 20.1 Å². The first-order valence-electron chi connectivity index (χ1n) is 16.2. The number of fused-ring (bicyclic) bond motifs is 1.